The molecule has 0 spiro atoms. The van der Waals surface area contributed by atoms with Gasteiger partial charge in [-0.05, 0) is 37.3 Å². The van der Waals surface area contributed by atoms with E-state index in [-0.39, 0.29) is 22.2 Å². The van der Waals surface area contributed by atoms with E-state index in [1.165, 1.54) is 0 Å². The second-order valence-electron chi connectivity index (χ2n) is 6.87. The number of para-hydroxylation sites is 2. The molecule has 1 N–H and O–H groups in total. The van der Waals surface area contributed by atoms with Crippen LogP contribution in [-0.2, 0) is 21.2 Å². The molecule has 0 saturated heterocycles. The summed E-state index contributed by atoms with van der Waals surface area (Å²) in [5.74, 6) is -0.226. The van der Waals surface area contributed by atoms with Crippen molar-refractivity contribution in [2.45, 2.75) is 23.3 Å². The summed E-state index contributed by atoms with van der Waals surface area (Å²) >= 11 is 0. The van der Waals surface area contributed by atoms with E-state index in [9.17, 15) is 13.2 Å². The molecule has 0 unspecified atom stereocenters. The zero-order valence-corrected chi connectivity index (χ0v) is 16.7. The third kappa shape index (κ3) is 3.79. The van der Waals surface area contributed by atoms with Crippen LogP contribution in [-0.4, -0.2) is 18.9 Å². The van der Waals surface area contributed by atoms with Crippen LogP contribution in [0.15, 0.2) is 94.9 Å². The molecule has 3 aromatic carbocycles. The number of fused-ring (bicyclic) bond motifs is 1. The minimum absolute atomic E-state index is 0.0127. The van der Waals surface area contributed by atoms with Crippen LogP contribution in [0.1, 0.15) is 5.56 Å². The van der Waals surface area contributed by atoms with Crippen molar-refractivity contribution in [2.24, 2.45) is 0 Å². The first-order valence-corrected chi connectivity index (χ1v) is 10.7. The molecule has 146 valence electrons. The molecule has 1 aromatic heterocycles. The molecule has 0 aliphatic rings. The molecule has 1 heterocycles. The summed E-state index contributed by atoms with van der Waals surface area (Å²) in [6.45, 7) is 1.92. The molecule has 1 amide bonds. The van der Waals surface area contributed by atoms with E-state index in [4.69, 9.17) is 0 Å². The van der Waals surface area contributed by atoms with Crippen molar-refractivity contribution in [2.75, 3.05) is 5.32 Å². The van der Waals surface area contributed by atoms with Gasteiger partial charge >= 0.3 is 0 Å². The average molecular weight is 404 g/mol. The number of aryl methyl sites for hydroxylation is 1. The number of anilines is 1. The number of aromatic nitrogens is 1. The predicted molar refractivity (Wildman–Crippen MR) is 114 cm³/mol. The number of hydrogen-bond acceptors (Lipinski definition) is 3. The van der Waals surface area contributed by atoms with Crippen molar-refractivity contribution in [1.82, 2.24) is 4.57 Å². The molecule has 29 heavy (non-hydrogen) atoms. The van der Waals surface area contributed by atoms with Crippen LogP contribution in [0.3, 0.4) is 0 Å². The van der Waals surface area contributed by atoms with Gasteiger partial charge in [0.05, 0.1) is 9.79 Å². The number of benzene rings is 3. The summed E-state index contributed by atoms with van der Waals surface area (Å²) in [5, 5.41) is 3.43. The van der Waals surface area contributed by atoms with Gasteiger partial charge in [-0.3, -0.25) is 4.79 Å². The highest BCUT2D eigenvalue weighted by molar-refractivity contribution is 7.91. The minimum Gasteiger partial charge on any atom is -0.337 e. The third-order valence-corrected chi connectivity index (χ3v) is 6.54. The quantitative estimate of drug-likeness (QED) is 0.535. The molecule has 0 aliphatic carbocycles. The first-order chi connectivity index (χ1) is 13.9. The maximum absolute atomic E-state index is 13.2. The standard InChI is InChI=1S/C23H20N2O3S/c1-17-11-13-19(14-12-17)29(27,28)22-15-25(21-10-6-5-9-20(21)22)16-23(26)24-18-7-3-2-4-8-18/h2-15H,16H2,1H3,(H,24,26). The number of rotatable bonds is 5. The lowest BCUT2D eigenvalue weighted by Gasteiger charge is -2.07. The van der Waals surface area contributed by atoms with E-state index in [2.05, 4.69) is 5.32 Å². The fourth-order valence-corrected chi connectivity index (χ4v) is 4.76. The molecule has 0 radical (unpaired) electrons. The van der Waals surface area contributed by atoms with Crippen molar-refractivity contribution < 1.29 is 13.2 Å². The van der Waals surface area contributed by atoms with E-state index in [1.807, 2.05) is 37.3 Å². The van der Waals surface area contributed by atoms with Gasteiger partial charge in [0, 0.05) is 22.8 Å². The Morgan fingerprint density at radius 3 is 2.28 bits per heavy atom. The van der Waals surface area contributed by atoms with Gasteiger partial charge in [-0.15, -0.1) is 0 Å². The lowest BCUT2D eigenvalue weighted by Crippen LogP contribution is -2.18. The number of sulfone groups is 1. The number of nitrogens with one attached hydrogen (secondary N) is 1. The Balaban J connectivity index is 1.72. The summed E-state index contributed by atoms with van der Waals surface area (Å²) in [4.78, 5) is 12.9. The molecular formula is C23H20N2O3S. The zero-order chi connectivity index (χ0) is 20.4. The lowest BCUT2D eigenvalue weighted by atomic mass is 10.2. The second kappa shape index (κ2) is 7.56. The molecule has 0 saturated carbocycles. The molecule has 0 bridgehead atoms. The predicted octanol–water partition coefficient (Wildman–Crippen LogP) is 4.42. The van der Waals surface area contributed by atoms with Crippen molar-refractivity contribution in [1.29, 1.82) is 0 Å². The largest absolute Gasteiger partial charge is 0.337 e. The number of amides is 1. The van der Waals surface area contributed by atoms with Crippen molar-refractivity contribution in [3.63, 3.8) is 0 Å². The van der Waals surface area contributed by atoms with Gasteiger partial charge in [0.1, 0.15) is 6.54 Å². The van der Waals surface area contributed by atoms with Crippen molar-refractivity contribution in [3.8, 4) is 0 Å². The monoisotopic (exact) mass is 404 g/mol. The molecule has 6 heteroatoms. The Hall–Kier alpha value is -3.38. The minimum atomic E-state index is -3.71. The van der Waals surface area contributed by atoms with E-state index in [0.717, 1.165) is 5.56 Å². The Bertz CT molecular complexity index is 1270. The fourth-order valence-electron chi connectivity index (χ4n) is 3.28. The van der Waals surface area contributed by atoms with E-state index < -0.39 is 9.84 Å². The molecule has 4 rings (SSSR count). The normalized spacial score (nSPS) is 11.5. The molecule has 4 aromatic rings. The van der Waals surface area contributed by atoms with Gasteiger partial charge in [-0.1, -0.05) is 54.1 Å². The topological polar surface area (TPSA) is 68.2 Å². The Morgan fingerprint density at radius 1 is 0.897 bits per heavy atom. The van der Waals surface area contributed by atoms with Gasteiger partial charge in [0.25, 0.3) is 0 Å². The fraction of sp³-hybridized carbons (Fsp3) is 0.0870. The van der Waals surface area contributed by atoms with Gasteiger partial charge in [-0.25, -0.2) is 8.42 Å². The number of carbonyl (C=O) groups is 1. The maximum atomic E-state index is 13.2. The van der Waals surface area contributed by atoms with Gasteiger partial charge in [0.15, 0.2) is 0 Å². The smallest absolute Gasteiger partial charge is 0.244 e. The van der Waals surface area contributed by atoms with Crippen LogP contribution in [0.4, 0.5) is 5.69 Å². The first-order valence-electron chi connectivity index (χ1n) is 9.20. The summed E-state index contributed by atoms with van der Waals surface area (Å²) < 4.78 is 28.1. The number of hydrogen-bond donors (Lipinski definition) is 1. The van der Waals surface area contributed by atoms with Gasteiger partial charge in [-0.2, -0.15) is 0 Å². The van der Waals surface area contributed by atoms with Crippen molar-refractivity contribution >= 4 is 32.3 Å². The van der Waals surface area contributed by atoms with Crippen LogP contribution < -0.4 is 5.32 Å². The van der Waals surface area contributed by atoms with Crippen LogP contribution in [0, 0.1) is 6.92 Å². The third-order valence-electron chi connectivity index (χ3n) is 4.74. The van der Waals surface area contributed by atoms with Crippen LogP contribution >= 0.6 is 0 Å². The number of nitrogens with zero attached hydrogens (tertiary/aromatic N) is 1. The maximum Gasteiger partial charge on any atom is 0.244 e. The SMILES string of the molecule is Cc1ccc(S(=O)(=O)c2cn(CC(=O)Nc3ccccc3)c3ccccc23)cc1. The first kappa shape index (κ1) is 19.0. The van der Waals surface area contributed by atoms with Gasteiger partial charge in [0.2, 0.25) is 15.7 Å². The highest BCUT2D eigenvalue weighted by Crippen LogP contribution is 2.30. The molecule has 0 aliphatic heterocycles. The summed E-state index contributed by atoms with van der Waals surface area (Å²) in [7, 11) is -3.71. The highest BCUT2D eigenvalue weighted by atomic mass is 32.2. The Labute approximate surface area is 169 Å². The van der Waals surface area contributed by atoms with Gasteiger partial charge < -0.3 is 9.88 Å². The molecule has 5 nitrogen and oxygen atoms in total. The summed E-state index contributed by atoms with van der Waals surface area (Å²) in [6.07, 6.45) is 1.55. The van der Waals surface area contributed by atoms with E-state index >= 15 is 0 Å². The zero-order valence-electron chi connectivity index (χ0n) is 15.9. The van der Waals surface area contributed by atoms with E-state index in [1.54, 1.807) is 59.3 Å². The van der Waals surface area contributed by atoms with Crippen LogP contribution in [0.25, 0.3) is 10.9 Å². The lowest BCUT2D eigenvalue weighted by molar-refractivity contribution is -0.116. The van der Waals surface area contributed by atoms with E-state index in [0.29, 0.717) is 16.6 Å². The molecule has 0 fully saturated rings. The number of carbonyl (C=O) groups excluding carboxylic acids is 1. The van der Waals surface area contributed by atoms with Crippen molar-refractivity contribution in [3.05, 3.63) is 90.6 Å². The Kier molecular flexibility index (Phi) is 4.94. The highest BCUT2D eigenvalue weighted by Gasteiger charge is 2.23. The Morgan fingerprint density at radius 2 is 1.55 bits per heavy atom. The summed E-state index contributed by atoms with van der Waals surface area (Å²) in [5.41, 5.74) is 2.38. The van der Waals surface area contributed by atoms with Crippen LogP contribution in [0.2, 0.25) is 0 Å². The molecule has 0 atom stereocenters. The van der Waals surface area contributed by atoms with Crippen LogP contribution in [0.5, 0.6) is 0 Å². The molecular weight excluding hydrogens is 384 g/mol. The average Bonchev–Trinajstić information content (AvgIpc) is 3.08. The summed E-state index contributed by atoms with van der Waals surface area (Å²) in [6, 6.07) is 23.1. The second-order valence-corrected chi connectivity index (χ2v) is 8.79.